The van der Waals surface area contributed by atoms with Gasteiger partial charge in [0.1, 0.15) is 5.75 Å². The molecule has 322 valence electrons. The summed E-state index contributed by atoms with van der Waals surface area (Å²) < 4.78 is 7.44. The molecule has 2 aliphatic carbocycles. The number of anilines is 5. The zero-order chi connectivity index (χ0) is 45.0. The van der Waals surface area contributed by atoms with Crippen LogP contribution in [0.25, 0.3) is 38.6 Å². The predicted molar refractivity (Wildman–Crippen MR) is 282 cm³/mol. The van der Waals surface area contributed by atoms with Gasteiger partial charge in [-0.3, -0.25) is 0 Å². The number of ether oxygens (including phenoxy) is 1. The molecular formula is C65H46N2O. The van der Waals surface area contributed by atoms with Crippen molar-refractivity contribution in [2.45, 2.75) is 17.9 Å². The first-order valence-electron chi connectivity index (χ1n) is 23.6. The number of nitrogens with zero attached hydrogens (tertiary/aromatic N) is 2. The number of hydrogen-bond donors (Lipinski definition) is 0. The SMILES string of the molecule is C1=CC(N(c2ccc(-c3ccccc3)cc2)c2cccc3c2Oc2cc(N(c4ccccc4)c4ccccc4)cc4cccc-3c24)CC2=C1c1ccccc1C2(c1ccccc1)c1ccccc1. The van der Waals surface area contributed by atoms with Crippen LogP contribution < -0.4 is 14.5 Å². The van der Waals surface area contributed by atoms with E-state index in [1.807, 2.05) is 0 Å². The smallest absolute Gasteiger partial charge is 0.158 e. The molecule has 0 saturated heterocycles. The predicted octanol–water partition coefficient (Wildman–Crippen LogP) is 17.0. The third-order valence-corrected chi connectivity index (χ3v) is 14.3. The van der Waals surface area contributed by atoms with Crippen molar-refractivity contribution in [1.29, 1.82) is 0 Å². The second kappa shape index (κ2) is 16.3. The van der Waals surface area contributed by atoms with E-state index in [2.05, 4.69) is 271 Å². The number of benzene rings is 10. The molecule has 0 radical (unpaired) electrons. The third kappa shape index (κ3) is 6.35. The maximum absolute atomic E-state index is 7.44. The Balaban J connectivity index is 0.990. The summed E-state index contributed by atoms with van der Waals surface area (Å²) in [7, 11) is 0. The minimum absolute atomic E-state index is 0.0669. The Kier molecular flexibility index (Phi) is 9.54. The number of allylic oxidation sites excluding steroid dienone is 2. The fourth-order valence-electron chi connectivity index (χ4n) is 11.4. The van der Waals surface area contributed by atoms with Crippen molar-refractivity contribution >= 4 is 44.8 Å². The van der Waals surface area contributed by atoms with Gasteiger partial charge in [-0.1, -0.05) is 206 Å². The molecule has 3 heteroatoms. The van der Waals surface area contributed by atoms with Crippen molar-refractivity contribution < 1.29 is 4.74 Å². The fourth-order valence-corrected chi connectivity index (χ4v) is 11.4. The van der Waals surface area contributed by atoms with Gasteiger partial charge in [0.25, 0.3) is 0 Å². The zero-order valence-electron chi connectivity index (χ0n) is 37.4. The van der Waals surface area contributed by atoms with Crippen molar-refractivity contribution in [3.63, 3.8) is 0 Å². The Morgan fingerprint density at radius 3 is 1.68 bits per heavy atom. The van der Waals surface area contributed by atoms with Gasteiger partial charge in [-0.2, -0.15) is 0 Å². The van der Waals surface area contributed by atoms with Crippen molar-refractivity contribution in [3.05, 3.63) is 289 Å². The summed E-state index contributed by atoms with van der Waals surface area (Å²) in [5.41, 5.74) is 17.3. The molecule has 0 amide bonds. The lowest BCUT2D eigenvalue weighted by atomic mass is 9.65. The number of hydrogen-bond acceptors (Lipinski definition) is 3. The van der Waals surface area contributed by atoms with E-state index in [0.717, 1.165) is 62.7 Å². The molecule has 1 atom stereocenters. The molecule has 3 aliphatic rings. The van der Waals surface area contributed by atoms with E-state index in [9.17, 15) is 0 Å². The molecule has 1 aliphatic heterocycles. The van der Waals surface area contributed by atoms with Crippen LogP contribution in [0.2, 0.25) is 0 Å². The van der Waals surface area contributed by atoms with Crippen LogP contribution in [0.15, 0.2) is 266 Å². The average Bonchev–Trinajstić information content (AvgIpc) is 3.71. The maximum atomic E-state index is 7.44. The molecule has 1 heterocycles. The number of para-hydroxylation sites is 3. The van der Waals surface area contributed by atoms with Crippen LogP contribution in [0.4, 0.5) is 28.4 Å². The van der Waals surface area contributed by atoms with Crippen LogP contribution in [0, 0.1) is 0 Å². The molecule has 0 spiro atoms. The van der Waals surface area contributed by atoms with E-state index >= 15 is 0 Å². The second-order valence-corrected chi connectivity index (χ2v) is 17.9. The first-order chi connectivity index (χ1) is 33.7. The minimum atomic E-state index is -0.485. The molecule has 0 aromatic heterocycles. The fraction of sp³-hybridized carbons (Fsp3) is 0.0462. The molecule has 68 heavy (non-hydrogen) atoms. The second-order valence-electron chi connectivity index (χ2n) is 17.9. The van der Waals surface area contributed by atoms with E-state index in [-0.39, 0.29) is 6.04 Å². The Hall–Kier alpha value is -8.66. The molecule has 0 saturated carbocycles. The van der Waals surface area contributed by atoms with Gasteiger partial charge < -0.3 is 14.5 Å². The van der Waals surface area contributed by atoms with Crippen LogP contribution in [0.3, 0.4) is 0 Å². The highest BCUT2D eigenvalue weighted by molar-refractivity contribution is 6.07. The topological polar surface area (TPSA) is 15.7 Å². The van der Waals surface area contributed by atoms with Crippen LogP contribution in [-0.2, 0) is 5.41 Å². The van der Waals surface area contributed by atoms with Gasteiger partial charge in [0, 0.05) is 34.1 Å². The van der Waals surface area contributed by atoms with E-state index < -0.39 is 5.41 Å². The lowest BCUT2D eigenvalue weighted by Gasteiger charge is -2.41. The largest absolute Gasteiger partial charge is 0.454 e. The summed E-state index contributed by atoms with van der Waals surface area (Å²) >= 11 is 0. The highest BCUT2D eigenvalue weighted by Crippen LogP contribution is 2.59. The Bertz CT molecular complexity index is 3470. The number of rotatable bonds is 9. The monoisotopic (exact) mass is 870 g/mol. The zero-order valence-corrected chi connectivity index (χ0v) is 37.4. The molecular weight excluding hydrogens is 825 g/mol. The standard InChI is InChI=1S/C65H46N2O/c1-6-20-45(21-7-1)46-36-38-52(39-37-46)67(53-40-41-56-55-31-16-17-34-59(55)65(60(56)43-53,48-23-8-2-9-24-48)49-25-10-3-11-26-49)61-35-19-33-58-57-32-18-22-47-42-54(44-62(63(47)57)68-64(58)61)66(50-27-12-4-13-28-50)51-29-14-5-15-30-51/h1-42,44,53H,43H2. The summed E-state index contributed by atoms with van der Waals surface area (Å²) in [6.45, 7) is 0. The highest BCUT2D eigenvalue weighted by Gasteiger charge is 2.49. The van der Waals surface area contributed by atoms with Gasteiger partial charge in [-0.15, -0.1) is 0 Å². The van der Waals surface area contributed by atoms with Gasteiger partial charge >= 0.3 is 0 Å². The van der Waals surface area contributed by atoms with Gasteiger partial charge in [0.05, 0.1) is 22.8 Å². The average molecular weight is 871 g/mol. The number of fused-ring (bicyclic) bond motifs is 4. The molecule has 3 nitrogen and oxygen atoms in total. The summed E-state index contributed by atoms with van der Waals surface area (Å²) in [5, 5.41) is 2.25. The Labute approximate surface area is 397 Å². The molecule has 13 rings (SSSR count). The minimum Gasteiger partial charge on any atom is -0.454 e. The molecule has 10 aromatic carbocycles. The van der Waals surface area contributed by atoms with E-state index in [4.69, 9.17) is 4.74 Å². The van der Waals surface area contributed by atoms with Crippen LogP contribution in [0.1, 0.15) is 28.7 Å². The summed E-state index contributed by atoms with van der Waals surface area (Å²) in [6.07, 6.45) is 5.62. The lowest BCUT2D eigenvalue weighted by molar-refractivity contribution is 0.486. The first-order valence-corrected chi connectivity index (χ1v) is 23.6. The summed E-state index contributed by atoms with van der Waals surface area (Å²) in [5.74, 6) is 1.69. The van der Waals surface area contributed by atoms with Gasteiger partial charge in [0.2, 0.25) is 0 Å². The van der Waals surface area contributed by atoms with Crippen LogP contribution in [0.5, 0.6) is 11.5 Å². The van der Waals surface area contributed by atoms with Crippen molar-refractivity contribution in [1.82, 2.24) is 0 Å². The van der Waals surface area contributed by atoms with Crippen LogP contribution >= 0.6 is 0 Å². The molecule has 1 unspecified atom stereocenters. The van der Waals surface area contributed by atoms with Gasteiger partial charge in [0.15, 0.2) is 5.75 Å². The highest BCUT2D eigenvalue weighted by atomic mass is 16.5. The first kappa shape index (κ1) is 39.7. The van der Waals surface area contributed by atoms with Gasteiger partial charge in [-0.05, 0) is 110 Å². The molecule has 0 N–H and O–H groups in total. The van der Waals surface area contributed by atoms with Crippen molar-refractivity contribution in [3.8, 4) is 33.8 Å². The van der Waals surface area contributed by atoms with Gasteiger partial charge in [-0.25, -0.2) is 0 Å². The molecule has 0 fully saturated rings. The molecule has 0 bridgehead atoms. The lowest BCUT2D eigenvalue weighted by Crippen LogP contribution is -2.37. The maximum Gasteiger partial charge on any atom is 0.158 e. The Morgan fingerprint density at radius 1 is 0.441 bits per heavy atom. The van der Waals surface area contributed by atoms with Crippen LogP contribution in [-0.4, -0.2) is 6.04 Å². The summed E-state index contributed by atoms with van der Waals surface area (Å²) in [6, 6.07) is 90.1. The normalized spacial score (nSPS) is 15.0. The molecule has 10 aromatic rings. The van der Waals surface area contributed by atoms with Crippen molar-refractivity contribution in [2.24, 2.45) is 0 Å². The van der Waals surface area contributed by atoms with E-state index in [1.165, 1.54) is 50.1 Å². The quantitative estimate of drug-likeness (QED) is 0.144. The van der Waals surface area contributed by atoms with E-state index in [0.29, 0.717) is 0 Å². The van der Waals surface area contributed by atoms with E-state index in [1.54, 1.807) is 0 Å². The summed E-state index contributed by atoms with van der Waals surface area (Å²) in [4.78, 5) is 4.85. The third-order valence-electron chi connectivity index (χ3n) is 14.3. The van der Waals surface area contributed by atoms with Crippen molar-refractivity contribution in [2.75, 3.05) is 9.80 Å². The Morgan fingerprint density at radius 2 is 1.00 bits per heavy atom.